The van der Waals surface area contributed by atoms with Crippen LogP contribution in [0, 0.1) is 5.92 Å². The van der Waals surface area contributed by atoms with Gasteiger partial charge in [-0.05, 0) is 47.9 Å². The summed E-state index contributed by atoms with van der Waals surface area (Å²) in [6.07, 6.45) is 1.50. The zero-order valence-corrected chi connectivity index (χ0v) is 15.5. The molecule has 5 nitrogen and oxygen atoms in total. The molecule has 0 aliphatic carbocycles. The van der Waals surface area contributed by atoms with E-state index in [0.29, 0.717) is 13.1 Å². The zero-order chi connectivity index (χ0) is 19.5. The monoisotopic (exact) mass is 374 g/mol. The van der Waals surface area contributed by atoms with Crippen LogP contribution in [0.1, 0.15) is 23.2 Å². The van der Waals surface area contributed by atoms with E-state index >= 15 is 0 Å². The van der Waals surface area contributed by atoms with Crippen molar-refractivity contribution in [3.8, 4) is 5.75 Å². The van der Waals surface area contributed by atoms with Crippen molar-refractivity contribution >= 4 is 28.3 Å². The van der Waals surface area contributed by atoms with Crippen molar-refractivity contribution in [3.05, 3.63) is 72.3 Å². The van der Waals surface area contributed by atoms with E-state index in [1.54, 1.807) is 17.0 Å². The van der Waals surface area contributed by atoms with Crippen LogP contribution in [0.25, 0.3) is 10.8 Å². The van der Waals surface area contributed by atoms with Crippen LogP contribution in [0.2, 0.25) is 0 Å². The standard InChI is InChI=1S/C23H22N2O3/c26-21-14-17-8-5-4-7-16(17)13-20(21)23(28)25-12-6-9-18(15-25)22(27)24-19-10-2-1-3-11-19/h1-5,7-8,10-11,13-14,18,26H,6,9,12,15H2,(H,24,27)/t18-/m1/s1. The number of nitrogens with one attached hydrogen (secondary N) is 1. The van der Waals surface area contributed by atoms with Gasteiger partial charge in [-0.2, -0.15) is 0 Å². The maximum Gasteiger partial charge on any atom is 0.257 e. The van der Waals surface area contributed by atoms with Crippen molar-refractivity contribution in [3.63, 3.8) is 0 Å². The first-order valence-corrected chi connectivity index (χ1v) is 9.49. The number of piperidine rings is 1. The number of fused-ring (bicyclic) bond motifs is 1. The molecule has 0 spiro atoms. The Kier molecular flexibility index (Phi) is 4.98. The topological polar surface area (TPSA) is 69.6 Å². The molecule has 2 amide bonds. The fourth-order valence-corrected chi connectivity index (χ4v) is 3.71. The Hall–Kier alpha value is -3.34. The second kappa shape index (κ2) is 7.72. The quantitative estimate of drug-likeness (QED) is 0.727. The average Bonchev–Trinajstić information content (AvgIpc) is 2.73. The summed E-state index contributed by atoms with van der Waals surface area (Å²) in [4.78, 5) is 27.3. The number of anilines is 1. The van der Waals surface area contributed by atoms with Crippen LogP contribution < -0.4 is 5.32 Å². The number of phenols is 1. The Bertz CT molecular complexity index is 1020. The highest BCUT2D eigenvalue weighted by atomic mass is 16.3. The minimum absolute atomic E-state index is 0.0282. The van der Waals surface area contributed by atoms with Crippen molar-refractivity contribution in [2.45, 2.75) is 12.8 Å². The number of hydrogen-bond acceptors (Lipinski definition) is 3. The van der Waals surface area contributed by atoms with Crippen LogP contribution in [0.15, 0.2) is 66.7 Å². The van der Waals surface area contributed by atoms with Gasteiger partial charge in [-0.25, -0.2) is 0 Å². The molecule has 0 unspecified atom stereocenters. The molecule has 4 rings (SSSR count). The molecular weight excluding hydrogens is 352 g/mol. The molecule has 2 N–H and O–H groups in total. The molecule has 0 saturated carbocycles. The van der Waals surface area contributed by atoms with Crippen LogP contribution in [-0.4, -0.2) is 34.9 Å². The molecule has 1 saturated heterocycles. The van der Waals surface area contributed by atoms with Crippen molar-refractivity contribution in [1.29, 1.82) is 0 Å². The number of likely N-dealkylation sites (tertiary alicyclic amines) is 1. The largest absolute Gasteiger partial charge is 0.507 e. The van der Waals surface area contributed by atoms with Crippen LogP contribution in [0.3, 0.4) is 0 Å². The van der Waals surface area contributed by atoms with Gasteiger partial charge in [0.25, 0.3) is 5.91 Å². The van der Waals surface area contributed by atoms with Gasteiger partial charge >= 0.3 is 0 Å². The second-order valence-electron chi connectivity index (χ2n) is 7.16. The number of aromatic hydroxyl groups is 1. The third kappa shape index (κ3) is 3.69. The first-order chi connectivity index (χ1) is 13.6. The molecule has 1 fully saturated rings. The number of para-hydroxylation sites is 1. The highest BCUT2D eigenvalue weighted by Gasteiger charge is 2.30. The predicted molar refractivity (Wildman–Crippen MR) is 109 cm³/mol. The van der Waals surface area contributed by atoms with Gasteiger partial charge in [0.05, 0.1) is 11.5 Å². The molecule has 1 heterocycles. The van der Waals surface area contributed by atoms with Crippen LogP contribution in [-0.2, 0) is 4.79 Å². The lowest BCUT2D eigenvalue weighted by Gasteiger charge is -2.32. The molecular formula is C23H22N2O3. The highest BCUT2D eigenvalue weighted by Crippen LogP contribution is 2.28. The molecule has 0 bridgehead atoms. The number of hydrogen-bond donors (Lipinski definition) is 2. The van der Waals surface area contributed by atoms with E-state index < -0.39 is 0 Å². The van der Waals surface area contributed by atoms with Crippen LogP contribution in [0.4, 0.5) is 5.69 Å². The molecule has 1 atom stereocenters. The van der Waals surface area contributed by atoms with Gasteiger partial charge in [0.1, 0.15) is 5.75 Å². The molecule has 3 aromatic rings. The van der Waals surface area contributed by atoms with E-state index in [9.17, 15) is 14.7 Å². The highest BCUT2D eigenvalue weighted by molar-refractivity contribution is 6.02. The lowest BCUT2D eigenvalue weighted by atomic mass is 9.96. The molecule has 5 heteroatoms. The molecule has 142 valence electrons. The van der Waals surface area contributed by atoms with Crippen molar-refractivity contribution in [2.24, 2.45) is 5.92 Å². The third-order valence-corrected chi connectivity index (χ3v) is 5.22. The summed E-state index contributed by atoms with van der Waals surface area (Å²) in [5.74, 6) is -0.605. The van der Waals surface area contributed by atoms with E-state index in [-0.39, 0.29) is 29.0 Å². The Morgan fingerprint density at radius 2 is 1.64 bits per heavy atom. The molecule has 1 aliphatic heterocycles. The lowest BCUT2D eigenvalue weighted by molar-refractivity contribution is -0.121. The first kappa shape index (κ1) is 18.0. The van der Waals surface area contributed by atoms with Crippen molar-refractivity contribution in [2.75, 3.05) is 18.4 Å². The van der Waals surface area contributed by atoms with Gasteiger partial charge in [-0.3, -0.25) is 9.59 Å². The van der Waals surface area contributed by atoms with E-state index in [4.69, 9.17) is 0 Å². The average molecular weight is 374 g/mol. The number of carbonyl (C=O) groups excluding carboxylic acids is 2. The Balaban J connectivity index is 1.50. The van der Waals surface area contributed by atoms with Crippen molar-refractivity contribution in [1.82, 2.24) is 4.90 Å². The molecule has 1 aliphatic rings. The van der Waals surface area contributed by atoms with E-state index in [1.807, 2.05) is 54.6 Å². The summed E-state index contributed by atoms with van der Waals surface area (Å²) >= 11 is 0. The normalized spacial score (nSPS) is 16.7. The Morgan fingerprint density at radius 1 is 0.964 bits per heavy atom. The van der Waals surface area contributed by atoms with E-state index in [1.165, 1.54) is 0 Å². The maximum absolute atomic E-state index is 13.0. The predicted octanol–water partition coefficient (Wildman–Crippen LogP) is 4.04. The summed E-state index contributed by atoms with van der Waals surface area (Å²) in [5.41, 5.74) is 1.03. The first-order valence-electron chi connectivity index (χ1n) is 9.49. The molecule has 0 radical (unpaired) electrons. The summed E-state index contributed by atoms with van der Waals surface area (Å²) in [7, 11) is 0. The summed E-state index contributed by atoms with van der Waals surface area (Å²) in [5, 5.41) is 15.1. The third-order valence-electron chi connectivity index (χ3n) is 5.22. The maximum atomic E-state index is 13.0. The fourth-order valence-electron chi connectivity index (χ4n) is 3.71. The van der Waals surface area contributed by atoms with Gasteiger partial charge in [0.2, 0.25) is 5.91 Å². The number of rotatable bonds is 3. The van der Waals surface area contributed by atoms with Gasteiger partial charge < -0.3 is 15.3 Å². The Morgan fingerprint density at radius 3 is 2.39 bits per heavy atom. The fraction of sp³-hybridized carbons (Fsp3) is 0.217. The minimum atomic E-state index is -0.263. The van der Waals surface area contributed by atoms with Gasteiger partial charge in [-0.15, -0.1) is 0 Å². The summed E-state index contributed by atoms with van der Waals surface area (Å²) in [6.45, 7) is 0.935. The zero-order valence-electron chi connectivity index (χ0n) is 15.5. The number of nitrogens with zero attached hydrogens (tertiary/aromatic N) is 1. The van der Waals surface area contributed by atoms with E-state index in [0.717, 1.165) is 29.3 Å². The van der Waals surface area contributed by atoms with Crippen LogP contribution in [0.5, 0.6) is 5.75 Å². The van der Waals surface area contributed by atoms with Crippen molar-refractivity contribution < 1.29 is 14.7 Å². The number of phenolic OH excluding ortho intramolecular Hbond substituents is 1. The van der Waals surface area contributed by atoms with Crippen LogP contribution >= 0.6 is 0 Å². The minimum Gasteiger partial charge on any atom is -0.507 e. The van der Waals surface area contributed by atoms with Gasteiger partial charge in [0.15, 0.2) is 0 Å². The van der Waals surface area contributed by atoms with Gasteiger partial charge in [-0.1, -0.05) is 42.5 Å². The number of benzene rings is 3. The summed E-state index contributed by atoms with van der Waals surface area (Å²) in [6, 6.07) is 20.3. The lowest BCUT2D eigenvalue weighted by Crippen LogP contribution is -2.43. The Labute approximate surface area is 163 Å². The molecule has 3 aromatic carbocycles. The van der Waals surface area contributed by atoms with E-state index in [2.05, 4.69) is 5.32 Å². The number of carbonyl (C=O) groups is 2. The molecule has 0 aromatic heterocycles. The smallest absolute Gasteiger partial charge is 0.257 e. The number of amides is 2. The second-order valence-corrected chi connectivity index (χ2v) is 7.16. The van der Waals surface area contributed by atoms with Gasteiger partial charge in [0, 0.05) is 18.8 Å². The SMILES string of the molecule is O=C(Nc1ccccc1)[C@@H]1CCCN(C(=O)c2cc3ccccc3cc2O)C1. The summed E-state index contributed by atoms with van der Waals surface area (Å²) < 4.78 is 0. The molecule has 28 heavy (non-hydrogen) atoms.